The molecule has 3 N–H and O–H groups in total. The molecule has 1 aromatic heterocycles. The largest absolute Gasteiger partial charge is 0.348 e. The Balaban J connectivity index is 0.00000196. The summed E-state index contributed by atoms with van der Waals surface area (Å²) in [4.78, 5) is 29.0. The smallest absolute Gasteiger partial charge is 0.255 e. The average Bonchev–Trinajstić information content (AvgIpc) is 2.69. The fourth-order valence-electron chi connectivity index (χ4n) is 2.83. The van der Waals surface area contributed by atoms with Gasteiger partial charge in [-0.3, -0.25) is 14.6 Å². The lowest BCUT2D eigenvalue weighted by atomic mass is 10.1. The molecule has 0 unspecified atom stereocenters. The van der Waals surface area contributed by atoms with Gasteiger partial charge in [-0.1, -0.05) is 23.8 Å². The van der Waals surface area contributed by atoms with Gasteiger partial charge in [0.2, 0.25) is 0 Å². The number of rotatable bonds is 5. The maximum absolute atomic E-state index is 12.7. The molecular formula is C20H24Cl2N4O2. The van der Waals surface area contributed by atoms with Crippen molar-refractivity contribution in [3.05, 3.63) is 71.1 Å². The molecule has 0 saturated carbocycles. The lowest BCUT2D eigenvalue weighted by Gasteiger charge is -2.17. The number of hydrogen-bond acceptors (Lipinski definition) is 4. The maximum Gasteiger partial charge on any atom is 0.255 e. The van der Waals surface area contributed by atoms with Gasteiger partial charge in [0.25, 0.3) is 11.8 Å². The van der Waals surface area contributed by atoms with Gasteiger partial charge in [0.1, 0.15) is 0 Å². The van der Waals surface area contributed by atoms with E-state index >= 15 is 0 Å². The molecule has 28 heavy (non-hydrogen) atoms. The summed E-state index contributed by atoms with van der Waals surface area (Å²) in [5.41, 5.74) is 3.54. The van der Waals surface area contributed by atoms with E-state index in [1.807, 2.05) is 19.1 Å². The van der Waals surface area contributed by atoms with Gasteiger partial charge in [0.15, 0.2) is 0 Å². The Bertz CT molecular complexity index is 841. The molecule has 0 saturated heterocycles. The summed E-state index contributed by atoms with van der Waals surface area (Å²) in [5.74, 6) is -0.463. The first-order valence-corrected chi connectivity index (χ1v) is 8.63. The third kappa shape index (κ3) is 6.05. The Morgan fingerprint density at radius 3 is 2.54 bits per heavy atom. The molecule has 0 aliphatic carbocycles. The molecule has 0 atom stereocenters. The van der Waals surface area contributed by atoms with Crippen LogP contribution >= 0.6 is 24.8 Å². The van der Waals surface area contributed by atoms with Crippen LogP contribution in [0.2, 0.25) is 0 Å². The topological polar surface area (TPSA) is 83.1 Å². The Morgan fingerprint density at radius 2 is 1.86 bits per heavy atom. The van der Waals surface area contributed by atoms with Crippen LogP contribution in [-0.4, -0.2) is 36.4 Å². The number of carbonyl (C=O) groups is 2. The zero-order valence-electron chi connectivity index (χ0n) is 15.5. The van der Waals surface area contributed by atoms with E-state index in [0.29, 0.717) is 23.4 Å². The summed E-state index contributed by atoms with van der Waals surface area (Å²) in [6.45, 7) is 4.16. The first kappa shape index (κ1) is 23.6. The van der Waals surface area contributed by atoms with Crippen LogP contribution in [0.5, 0.6) is 0 Å². The number of carbonyl (C=O) groups excluding carboxylic acids is 2. The van der Waals surface area contributed by atoms with Crippen molar-refractivity contribution in [1.29, 1.82) is 0 Å². The number of para-hydroxylation sites is 1. The van der Waals surface area contributed by atoms with E-state index < -0.39 is 0 Å². The summed E-state index contributed by atoms with van der Waals surface area (Å²) < 4.78 is 0. The number of aryl methyl sites for hydroxylation is 1. The fourth-order valence-corrected chi connectivity index (χ4v) is 2.83. The highest BCUT2D eigenvalue weighted by Crippen LogP contribution is 2.21. The van der Waals surface area contributed by atoms with Gasteiger partial charge in [-0.15, -0.1) is 24.8 Å². The van der Waals surface area contributed by atoms with Crippen molar-refractivity contribution >= 4 is 42.3 Å². The van der Waals surface area contributed by atoms with Crippen molar-refractivity contribution in [1.82, 2.24) is 15.6 Å². The van der Waals surface area contributed by atoms with E-state index in [4.69, 9.17) is 0 Å². The Kier molecular flexibility index (Phi) is 9.65. The molecule has 1 aliphatic heterocycles. The molecule has 1 aromatic carbocycles. The minimum absolute atomic E-state index is 0. The van der Waals surface area contributed by atoms with E-state index in [2.05, 4.69) is 27.0 Å². The number of nitrogens with zero attached hydrogens (tertiary/aromatic N) is 1. The number of benzene rings is 1. The fraction of sp³-hybridized carbons (Fsp3) is 0.250. The summed E-state index contributed by atoms with van der Waals surface area (Å²) in [6.07, 6.45) is 6.16. The zero-order valence-corrected chi connectivity index (χ0v) is 17.2. The van der Waals surface area contributed by atoms with Crippen molar-refractivity contribution in [3.8, 4) is 0 Å². The molecule has 0 radical (unpaired) electrons. The molecule has 0 bridgehead atoms. The minimum atomic E-state index is -0.267. The van der Waals surface area contributed by atoms with Crippen LogP contribution in [0.4, 0.5) is 5.69 Å². The molecule has 6 nitrogen and oxygen atoms in total. The van der Waals surface area contributed by atoms with Gasteiger partial charge in [0.05, 0.1) is 11.3 Å². The van der Waals surface area contributed by atoms with Gasteiger partial charge in [-0.25, -0.2) is 0 Å². The molecule has 8 heteroatoms. The quantitative estimate of drug-likeness (QED) is 0.646. The number of aromatic nitrogens is 1. The second kappa shape index (κ2) is 11.4. The van der Waals surface area contributed by atoms with Crippen LogP contribution in [0.15, 0.2) is 54.4 Å². The van der Waals surface area contributed by atoms with Crippen molar-refractivity contribution < 1.29 is 9.59 Å². The minimum Gasteiger partial charge on any atom is -0.348 e. The summed E-state index contributed by atoms with van der Waals surface area (Å²) in [5, 5.41) is 9.06. The monoisotopic (exact) mass is 422 g/mol. The van der Waals surface area contributed by atoms with Gasteiger partial charge in [0, 0.05) is 31.0 Å². The molecule has 0 spiro atoms. The highest BCUT2D eigenvalue weighted by Gasteiger charge is 2.16. The van der Waals surface area contributed by atoms with E-state index in [9.17, 15) is 9.59 Å². The number of amides is 2. The lowest BCUT2D eigenvalue weighted by molar-refractivity contribution is 0.0957. The first-order valence-electron chi connectivity index (χ1n) is 8.63. The Labute approximate surface area is 177 Å². The molecule has 2 amide bonds. The second-order valence-electron chi connectivity index (χ2n) is 6.19. The molecule has 1 aliphatic rings. The third-order valence-electron chi connectivity index (χ3n) is 4.33. The predicted molar refractivity (Wildman–Crippen MR) is 116 cm³/mol. The van der Waals surface area contributed by atoms with Crippen LogP contribution in [0.25, 0.3) is 0 Å². The SMILES string of the molecule is Cc1cccc(C(=O)NCC2=CCNCC2)c1NC(=O)c1ccncc1.Cl.Cl. The molecule has 150 valence electrons. The van der Waals surface area contributed by atoms with Gasteiger partial charge < -0.3 is 16.0 Å². The summed E-state index contributed by atoms with van der Waals surface area (Å²) in [7, 11) is 0. The first-order chi connectivity index (χ1) is 12.6. The summed E-state index contributed by atoms with van der Waals surface area (Å²) >= 11 is 0. The van der Waals surface area contributed by atoms with Gasteiger partial charge >= 0.3 is 0 Å². The molecule has 3 rings (SSSR count). The van der Waals surface area contributed by atoms with E-state index in [-0.39, 0.29) is 36.6 Å². The average molecular weight is 423 g/mol. The Hall–Kier alpha value is -2.41. The number of halogens is 2. The molecule has 2 aromatic rings. The number of pyridine rings is 1. The standard InChI is InChI=1S/C20H22N4O2.2ClH/c1-14-3-2-4-17(20(26)23-13-15-5-9-21-10-6-15)18(14)24-19(25)16-7-11-22-12-8-16;;/h2-5,7-8,11-12,21H,6,9-10,13H2,1H3,(H,23,26)(H,24,25);2*1H. The van der Waals surface area contributed by atoms with Crippen LogP contribution in [0, 0.1) is 6.92 Å². The van der Waals surface area contributed by atoms with Gasteiger partial charge in [-0.2, -0.15) is 0 Å². The van der Waals surface area contributed by atoms with Crippen molar-refractivity contribution in [2.45, 2.75) is 13.3 Å². The van der Waals surface area contributed by atoms with E-state index in [0.717, 1.165) is 25.1 Å². The van der Waals surface area contributed by atoms with Gasteiger partial charge in [-0.05, 0) is 43.7 Å². The highest BCUT2D eigenvalue weighted by atomic mass is 35.5. The summed E-state index contributed by atoms with van der Waals surface area (Å²) in [6, 6.07) is 8.68. The zero-order chi connectivity index (χ0) is 18.4. The number of nitrogens with one attached hydrogen (secondary N) is 3. The van der Waals surface area contributed by atoms with Crippen LogP contribution in [-0.2, 0) is 0 Å². The van der Waals surface area contributed by atoms with Crippen molar-refractivity contribution in [2.75, 3.05) is 25.0 Å². The Morgan fingerprint density at radius 1 is 1.11 bits per heavy atom. The van der Waals surface area contributed by atoms with Crippen molar-refractivity contribution in [2.24, 2.45) is 0 Å². The van der Waals surface area contributed by atoms with Crippen molar-refractivity contribution in [3.63, 3.8) is 0 Å². The van der Waals surface area contributed by atoms with E-state index in [1.165, 1.54) is 5.57 Å². The highest BCUT2D eigenvalue weighted by molar-refractivity contribution is 6.09. The lowest BCUT2D eigenvalue weighted by Crippen LogP contribution is -2.30. The second-order valence-corrected chi connectivity index (χ2v) is 6.19. The van der Waals surface area contributed by atoms with Crippen LogP contribution in [0.1, 0.15) is 32.7 Å². The molecule has 2 heterocycles. The normalized spacial score (nSPS) is 12.7. The molecule has 0 fully saturated rings. The number of anilines is 1. The molecular weight excluding hydrogens is 399 g/mol. The maximum atomic E-state index is 12.7. The van der Waals surface area contributed by atoms with Crippen LogP contribution in [0.3, 0.4) is 0 Å². The van der Waals surface area contributed by atoms with E-state index in [1.54, 1.807) is 30.6 Å². The van der Waals surface area contributed by atoms with Crippen LogP contribution < -0.4 is 16.0 Å². The third-order valence-corrected chi connectivity index (χ3v) is 4.33. The number of hydrogen-bond donors (Lipinski definition) is 3. The predicted octanol–water partition coefficient (Wildman–Crippen LogP) is 3.14.